The third-order valence-electron chi connectivity index (χ3n) is 7.27. The van der Waals surface area contributed by atoms with Crippen molar-refractivity contribution >= 4 is 39.1 Å². The molecule has 5 rings (SSSR count). The molecule has 5 nitrogen and oxygen atoms in total. The lowest BCUT2D eigenvalue weighted by molar-refractivity contribution is 0.0526. The lowest BCUT2D eigenvalue weighted by atomic mass is 9.85. The quantitative estimate of drug-likeness (QED) is 0.261. The van der Waals surface area contributed by atoms with Crippen LogP contribution in [0.25, 0.3) is 22.2 Å². The maximum atomic E-state index is 13.8. The molecule has 1 aliphatic rings. The maximum Gasteiger partial charge on any atom is 0.341 e. The number of aromatic nitrogens is 1. The van der Waals surface area contributed by atoms with Crippen molar-refractivity contribution in [1.82, 2.24) is 4.98 Å². The molecule has 0 bridgehead atoms. The van der Waals surface area contributed by atoms with E-state index in [2.05, 4.69) is 31.3 Å². The molecule has 6 heteroatoms. The molecule has 0 saturated carbocycles. The van der Waals surface area contributed by atoms with Gasteiger partial charge in [-0.05, 0) is 61.8 Å². The number of hydrogen-bond acceptors (Lipinski definition) is 5. The number of aryl methyl sites for hydroxylation is 1. The van der Waals surface area contributed by atoms with E-state index >= 15 is 0 Å². The monoisotopic (exact) mass is 512 g/mol. The van der Waals surface area contributed by atoms with E-state index in [1.807, 2.05) is 42.5 Å². The average molecular weight is 513 g/mol. The molecular formula is C31H32N2O3S. The predicted molar refractivity (Wildman–Crippen MR) is 151 cm³/mol. The number of ether oxygens (including phenoxy) is 1. The van der Waals surface area contributed by atoms with Gasteiger partial charge in [0.25, 0.3) is 5.91 Å². The van der Waals surface area contributed by atoms with E-state index in [1.165, 1.54) is 21.8 Å². The van der Waals surface area contributed by atoms with Crippen molar-refractivity contribution in [2.24, 2.45) is 5.92 Å². The van der Waals surface area contributed by atoms with Gasteiger partial charge in [-0.3, -0.25) is 4.79 Å². The van der Waals surface area contributed by atoms with E-state index < -0.39 is 0 Å². The summed E-state index contributed by atoms with van der Waals surface area (Å²) in [6.45, 7) is 6.44. The number of hydrogen-bond donors (Lipinski definition) is 1. The van der Waals surface area contributed by atoms with Crippen LogP contribution in [0.2, 0.25) is 0 Å². The molecule has 0 aliphatic heterocycles. The van der Waals surface area contributed by atoms with E-state index in [0.29, 0.717) is 28.7 Å². The minimum absolute atomic E-state index is 0.249. The Labute approximate surface area is 221 Å². The van der Waals surface area contributed by atoms with Crippen LogP contribution in [0, 0.1) is 5.92 Å². The number of esters is 1. The van der Waals surface area contributed by atoms with E-state index in [-0.39, 0.29) is 11.9 Å². The van der Waals surface area contributed by atoms with Crippen molar-refractivity contribution in [2.45, 2.75) is 52.9 Å². The molecule has 2 aromatic carbocycles. The minimum atomic E-state index is -0.360. The second-order valence-electron chi connectivity index (χ2n) is 9.52. The number of pyridine rings is 1. The molecule has 0 saturated heterocycles. The van der Waals surface area contributed by atoms with Gasteiger partial charge in [0.05, 0.1) is 28.9 Å². The number of rotatable bonds is 7. The SMILES string of the molecule is CCOC(=O)c1c(NC(=O)c2cc(-c3ccc(CC)cc3)nc3ccccc23)sc2c1CCC(CC)C2. The number of anilines is 1. The minimum Gasteiger partial charge on any atom is -0.462 e. The molecular weight excluding hydrogens is 480 g/mol. The first-order valence-electron chi connectivity index (χ1n) is 13.1. The van der Waals surface area contributed by atoms with Crippen molar-refractivity contribution in [3.8, 4) is 11.3 Å². The largest absolute Gasteiger partial charge is 0.462 e. The Hall–Kier alpha value is -3.51. The summed E-state index contributed by atoms with van der Waals surface area (Å²) in [5.41, 5.74) is 5.81. The highest BCUT2D eigenvalue weighted by molar-refractivity contribution is 7.17. The van der Waals surface area contributed by atoms with Crippen LogP contribution in [0.3, 0.4) is 0 Å². The predicted octanol–water partition coefficient (Wildman–Crippen LogP) is 7.47. The average Bonchev–Trinajstić information content (AvgIpc) is 3.29. The van der Waals surface area contributed by atoms with Crippen molar-refractivity contribution in [3.05, 3.63) is 81.7 Å². The smallest absolute Gasteiger partial charge is 0.341 e. The number of thiophene rings is 1. The summed E-state index contributed by atoms with van der Waals surface area (Å²) in [5.74, 6) is -0.00158. The highest BCUT2D eigenvalue weighted by Gasteiger charge is 2.30. The number of amides is 1. The van der Waals surface area contributed by atoms with Crippen LogP contribution in [0.5, 0.6) is 0 Å². The first-order chi connectivity index (χ1) is 18.0. The Morgan fingerprint density at radius 3 is 2.59 bits per heavy atom. The van der Waals surface area contributed by atoms with Gasteiger partial charge >= 0.3 is 5.97 Å². The van der Waals surface area contributed by atoms with Crippen molar-refractivity contribution in [3.63, 3.8) is 0 Å². The number of carbonyl (C=O) groups is 2. The molecule has 1 atom stereocenters. The summed E-state index contributed by atoms with van der Waals surface area (Å²) in [6, 6.07) is 17.8. The van der Waals surface area contributed by atoms with Gasteiger partial charge in [0.1, 0.15) is 5.00 Å². The molecule has 1 aliphatic carbocycles. The van der Waals surface area contributed by atoms with Gasteiger partial charge in [0.2, 0.25) is 0 Å². The normalized spacial score (nSPS) is 14.8. The third kappa shape index (κ3) is 5.03. The molecule has 0 spiro atoms. The maximum absolute atomic E-state index is 13.8. The number of para-hydroxylation sites is 1. The molecule has 1 unspecified atom stereocenters. The lowest BCUT2D eigenvalue weighted by Gasteiger charge is -2.20. The zero-order chi connectivity index (χ0) is 25.9. The molecule has 0 radical (unpaired) electrons. The molecule has 0 fully saturated rings. The standard InChI is InChI=1S/C31H32N2O3S/c1-4-19-11-14-21(15-12-19)26-18-24(22-9-7-8-10-25(22)32-26)29(34)33-30-28(31(35)36-6-3)23-16-13-20(5-2)17-27(23)37-30/h7-12,14-15,18,20H,4-6,13,16-17H2,1-3H3,(H,33,34). The van der Waals surface area contributed by atoms with E-state index in [1.54, 1.807) is 6.92 Å². The molecule has 1 amide bonds. The van der Waals surface area contributed by atoms with Crippen LogP contribution in [-0.2, 0) is 24.0 Å². The van der Waals surface area contributed by atoms with Gasteiger partial charge in [-0.1, -0.05) is 62.7 Å². The van der Waals surface area contributed by atoms with Crippen LogP contribution in [0.15, 0.2) is 54.6 Å². The summed E-state index contributed by atoms with van der Waals surface area (Å²) in [4.78, 5) is 32.8. The molecule has 1 N–H and O–H groups in total. The molecule has 4 aromatic rings. The van der Waals surface area contributed by atoms with Crippen LogP contribution in [-0.4, -0.2) is 23.5 Å². The first kappa shape index (κ1) is 25.2. The highest BCUT2D eigenvalue weighted by Crippen LogP contribution is 2.41. The van der Waals surface area contributed by atoms with Crippen LogP contribution in [0.1, 0.15) is 70.3 Å². The van der Waals surface area contributed by atoms with Crippen LogP contribution >= 0.6 is 11.3 Å². The van der Waals surface area contributed by atoms with Gasteiger partial charge in [-0.15, -0.1) is 11.3 Å². The molecule has 2 heterocycles. The highest BCUT2D eigenvalue weighted by atomic mass is 32.1. The molecule has 190 valence electrons. The van der Waals surface area contributed by atoms with E-state index in [9.17, 15) is 9.59 Å². The zero-order valence-electron chi connectivity index (χ0n) is 21.6. The number of nitrogens with zero attached hydrogens (tertiary/aromatic N) is 1. The fourth-order valence-electron chi connectivity index (χ4n) is 5.10. The summed E-state index contributed by atoms with van der Waals surface area (Å²) in [7, 11) is 0. The van der Waals surface area contributed by atoms with Gasteiger partial charge in [-0.2, -0.15) is 0 Å². The fraction of sp³-hybridized carbons (Fsp3) is 0.323. The molecule has 2 aromatic heterocycles. The Balaban J connectivity index is 1.55. The van der Waals surface area contributed by atoms with Gasteiger partial charge in [0, 0.05) is 15.8 Å². The Morgan fingerprint density at radius 1 is 1.08 bits per heavy atom. The second-order valence-corrected chi connectivity index (χ2v) is 10.6. The summed E-state index contributed by atoms with van der Waals surface area (Å²) in [6.07, 6.45) is 4.90. The Bertz CT molecular complexity index is 1460. The number of carbonyl (C=O) groups excluding carboxylic acids is 2. The van der Waals surface area contributed by atoms with Gasteiger partial charge in [0.15, 0.2) is 0 Å². The second kappa shape index (κ2) is 10.9. The Morgan fingerprint density at radius 2 is 1.86 bits per heavy atom. The third-order valence-corrected chi connectivity index (χ3v) is 8.44. The number of benzene rings is 2. The summed E-state index contributed by atoms with van der Waals surface area (Å²) in [5, 5.41) is 4.46. The van der Waals surface area contributed by atoms with Crippen molar-refractivity contribution in [2.75, 3.05) is 11.9 Å². The van der Waals surface area contributed by atoms with Gasteiger partial charge in [-0.25, -0.2) is 9.78 Å². The first-order valence-corrected chi connectivity index (χ1v) is 14.0. The summed E-state index contributed by atoms with van der Waals surface area (Å²) < 4.78 is 5.41. The van der Waals surface area contributed by atoms with Crippen LogP contribution in [0.4, 0.5) is 5.00 Å². The molecule has 37 heavy (non-hydrogen) atoms. The summed E-state index contributed by atoms with van der Waals surface area (Å²) >= 11 is 1.52. The van der Waals surface area contributed by atoms with Crippen LogP contribution < -0.4 is 5.32 Å². The van der Waals surface area contributed by atoms with E-state index in [0.717, 1.165) is 59.8 Å². The van der Waals surface area contributed by atoms with E-state index in [4.69, 9.17) is 9.72 Å². The Kier molecular flexibility index (Phi) is 7.38. The lowest BCUT2D eigenvalue weighted by Crippen LogP contribution is -2.17. The van der Waals surface area contributed by atoms with Gasteiger partial charge < -0.3 is 10.1 Å². The fourth-order valence-corrected chi connectivity index (χ4v) is 6.45. The number of nitrogens with one attached hydrogen (secondary N) is 1. The topological polar surface area (TPSA) is 68.3 Å². The zero-order valence-corrected chi connectivity index (χ0v) is 22.4. The van der Waals surface area contributed by atoms with Crippen molar-refractivity contribution in [1.29, 1.82) is 0 Å². The number of fused-ring (bicyclic) bond motifs is 2. The van der Waals surface area contributed by atoms with Crippen molar-refractivity contribution < 1.29 is 14.3 Å².